The van der Waals surface area contributed by atoms with E-state index in [0.717, 1.165) is 34.3 Å². The van der Waals surface area contributed by atoms with Gasteiger partial charge in [0.2, 0.25) is 5.76 Å². The molecule has 0 saturated heterocycles. The lowest BCUT2D eigenvalue weighted by Crippen LogP contribution is -2.13. The molecule has 0 amide bonds. The number of pyridine rings is 1. The van der Waals surface area contributed by atoms with Gasteiger partial charge in [-0.2, -0.15) is 0 Å². The molecule has 34 heavy (non-hydrogen) atoms. The zero-order valence-corrected chi connectivity index (χ0v) is 19.9. The number of aromatic nitrogens is 2. The van der Waals surface area contributed by atoms with Gasteiger partial charge in [0.15, 0.2) is 0 Å². The molecule has 0 unspecified atom stereocenters. The number of benzene rings is 1. The van der Waals surface area contributed by atoms with Crippen molar-refractivity contribution in [2.45, 2.75) is 52.5 Å². The Balaban J connectivity index is 1.88. The van der Waals surface area contributed by atoms with Crippen molar-refractivity contribution in [3.63, 3.8) is 0 Å². The van der Waals surface area contributed by atoms with Crippen LogP contribution in [-0.4, -0.2) is 38.6 Å². The van der Waals surface area contributed by atoms with Gasteiger partial charge in [-0.3, -0.25) is 4.98 Å². The van der Waals surface area contributed by atoms with Gasteiger partial charge in [-0.25, -0.2) is 4.79 Å². The molecule has 1 saturated carbocycles. The quantitative estimate of drug-likeness (QED) is 0.275. The summed E-state index contributed by atoms with van der Waals surface area (Å²) in [7, 11) is 1.47. The summed E-state index contributed by atoms with van der Waals surface area (Å²) in [5.74, 6) is 0.220. The van der Waals surface area contributed by atoms with Crippen molar-refractivity contribution in [2.24, 2.45) is 5.92 Å². The topological polar surface area (TPSA) is 111 Å². The smallest absolute Gasteiger partial charge is 0.339 e. The first-order valence-electron chi connectivity index (χ1n) is 11.7. The highest BCUT2D eigenvalue weighted by Crippen LogP contribution is 2.36. The lowest BCUT2D eigenvalue weighted by atomic mass is 9.89. The maximum atomic E-state index is 11.5. The maximum Gasteiger partial charge on any atom is 0.339 e. The van der Waals surface area contributed by atoms with Gasteiger partial charge < -0.3 is 24.9 Å². The van der Waals surface area contributed by atoms with Crippen molar-refractivity contribution in [3.05, 3.63) is 53.5 Å². The van der Waals surface area contributed by atoms with E-state index in [1.807, 2.05) is 6.07 Å². The van der Waals surface area contributed by atoms with Crippen LogP contribution in [-0.2, 0) is 6.54 Å². The van der Waals surface area contributed by atoms with Gasteiger partial charge in [0.1, 0.15) is 11.3 Å². The summed E-state index contributed by atoms with van der Waals surface area (Å²) in [4.78, 5) is 16.3. The molecule has 1 aliphatic carbocycles. The lowest BCUT2D eigenvalue weighted by Gasteiger charge is -2.22. The Bertz CT molecular complexity index is 1280. The van der Waals surface area contributed by atoms with Gasteiger partial charge in [0.05, 0.1) is 23.7 Å². The minimum atomic E-state index is -1.03. The molecule has 1 aromatic carbocycles. The molecule has 3 aromatic rings. The van der Waals surface area contributed by atoms with Gasteiger partial charge in [-0.15, -0.1) is 0 Å². The van der Waals surface area contributed by atoms with E-state index in [0.29, 0.717) is 28.7 Å². The molecular formula is C27H32N3O4+. The minimum Gasteiger partial charge on any atom is -0.596 e. The molecule has 7 nitrogen and oxygen atoms in total. The third kappa shape index (κ3) is 4.55. The predicted molar refractivity (Wildman–Crippen MR) is 135 cm³/mol. The summed E-state index contributed by atoms with van der Waals surface area (Å²) >= 11 is 0. The molecule has 2 heterocycles. The maximum absolute atomic E-state index is 11.5. The van der Waals surface area contributed by atoms with Crippen LogP contribution in [0.5, 0.6) is 5.75 Å². The van der Waals surface area contributed by atoms with E-state index in [1.165, 1.54) is 39.2 Å². The van der Waals surface area contributed by atoms with Crippen molar-refractivity contribution in [3.8, 4) is 16.9 Å². The molecule has 4 rings (SSSR count). The minimum absolute atomic E-state index is 0.120. The number of rotatable bonds is 7. The van der Waals surface area contributed by atoms with Crippen LogP contribution in [0.25, 0.3) is 27.7 Å². The van der Waals surface area contributed by atoms with Crippen LogP contribution < -0.4 is 4.74 Å². The molecular weight excluding hydrogens is 430 g/mol. The fourth-order valence-electron chi connectivity index (χ4n) is 5.06. The molecule has 178 valence electrons. The lowest BCUT2D eigenvalue weighted by molar-refractivity contribution is 0.0693. The molecule has 7 heteroatoms. The monoisotopic (exact) mass is 462 g/mol. The normalized spacial score (nSPS) is 15.3. The van der Waals surface area contributed by atoms with Crippen LogP contribution in [0.1, 0.15) is 61.9 Å². The second-order valence-electron chi connectivity index (χ2n) is 9.14. The van der Waals surface area contributed by atoms with E-state index in [4.69, 9.17) is 20.2 Å². The van der Waals surface area contributed by atoms with E-state index in [1.54, 1.807) is 38.2 Å². The standard InChI is InChI=1S/C27H31N3O4/c1-16(28)25(17(2)31)20-11-23-26(29-13-20)22(15-30(23)14-18-7-5-4-6-8-18)19-9-10-21(27(32)33)24(12-19)34-3/h9-13,15,18,28,31H,4-8,14H2,1-3H3,(H,32,33)/p+1/b25-17+,28-16?. The number of carbonyl (C=O) groups is 1. The Kier molecular flexibility index (Phi) is 6.72. The summed E-state index contributed by atoms with van der Waals surface area (Å²) in [5.41, 5.74) is 5.34. The van der Waals surface area contributed by atoms with Crippen molar-refractivity contribution in [1.82, 2.24) is 9.55 Å². The van der Waals surface area contributed by atoms with Gasteiger partial charge >= 0.3 is 5.97 Å². The highest BCUT2D eigenvalue weighted by Gasteiger charge is 2.21. The average Bonchev–Trinajstić information content (AvgIpc) is 3.16. The first-order valence-corrected chi connectivity index (χ1v) is 11.7. The van der Waals surface area contributed by atoms with Crippen LogP contribution in [0.2, 0.25) is 0 Å². The number of hydrogen-bond acceptors (Lipinski definition) is 4. The van der Waals surface area contributed by atoms with E-state index < -0.39 is 5.97 Å². The fourth-order valence-corrected chi connectivity index (χ4v) is 5.06. The molecule has 0 aliphatic heterocycles. The van der Waals surface area contributed by atoms with Crippen LogP contribution >= 0.6 is 0 Å². The van der Waals surface area contributed by atoms with Crippen LogP contribution in [0.15, 0.2) is 42.4 Å². The molecule has 1 fully saturated rings. The van der Waals surface area contributed by atoms with Crippen molar-refractivity contribution < 1.29 is 19.7 Å². The summed E-state index contributed by atoms with van der Waals surface area (Å²) in [6.07, 6.45) is 10.0. The summed E-state index contributed by atoms with van der Waals surface area (Å²) in [6, 6.07) is 7.14. The molecule has 0 bridgehead atoms. The van der Waals surface area contributed by atoms with Crippen molar-refractivity contribution >= 4 is 28.3 Å². The largest absolute Gasteiger partial charge is 0.596 e. The molecule has 0 radical (unpaired) electrons. The molecule has 0 atom stereocenters. The first-order chi connectivity index (χ1) is 16.3. The second kappa shape index (κ2) is 9.71. The predicted octanol–water partition coefficient (Wildman–Crippen LogP) is 5.49. The van der Waals surface area contributed by atoms with E-state index in [-0.39, 0.29) is 5.56 Å². The van der Waals surface area contributed by atoms with E-state index in [9.17, 15) is 9.90 Å². The number of carboxylic acids is 1. The number of allylic oxidation sites excluding steroid dienone is 2. The van der Waals surface area contributed by atoms with Crippen LogP contribution in [0.3, 0.4) is 0 Å². The van der Waals surface area contributed by atoms with Crippen LogP contribution in [0, 0.1) is 11.3 Å². The third-order valence-corrected chi connectivity index (χ3v) is 6.68. The number of nitrogens with zero attached hydrogens (tertiary/aromatic N) is 2. The Morgan fingerprint density at radius 2 is 1.97 bits per heavy atom. The zero-order chi connectivity index (χ0) is 24.4. The number of carboxylic acid groups (broad SMARTS) is 1. The van der Waals surface area contributed by atoms with Gasteiger partial charge in [0, 0.05) is 42.7 Å². The Morgan fingerprint density at radius 1 is 1.24 bits per heavy atom. The summed E-state index contributed by atoms with van der Waals surface area (Å²) in [5, 5.41) is 25.8. The van der Waals surface area contributed by atoms with Crippen molar-refractivity contribution in [2.75, 3.05) is 7.11 Å². The number of hydrogen-bond donors (Lipinski definition) is 2. The zero-order valence-electron chi connectivity index (χ0n) is 19.9. The Labute approximate surface area is 199 Å². The first kappa shape index (κ1) is 23.5. The van der Waals surface area contributed by atoms with Gasteiger partial charge in [0.25, 0.3) is 0 Å². The number of methoxy groups -OCH3 is 1. The van der Waals surface area contributed by atoms with Crippen LogP contribution in [0.4, 0.5) is 0 Å². The van der Waals surface area contributed by atoms with Crippen molar-refractivity contribution in [1.29, 1.82) is 5.41 Å². The number of ether oxygens (including phenoxy) is 1. The average molecular weight is 463 g/mol. The number of aromatic carboxylic acids is 1. The Morgan fingerprint density at radius 3 is 2.59 bits per heavy atom. The van der Waals surface area contributed by atoms with E-state index in [2.05, 4.69) is 10.8 Å². The number of nitrogens with one attached hydrogen (secondary N) is 1. The van der Waals surface area contributed by atoms with Gasteiger partial charge in [-0.1, -0.05) is 25.3 Å². The van der Waals surface area contributed by atoms with E-state index >= 15 is 0 Å². The van der Waals surface area contributed by atoms with Gasteiger partial charge in [-0.05, 0) is 49.4 Å². The molecule has 4 N–H and O–H groups in total. The second-order valence-corrected chi connectivity index (χ2v) is 9.14. The Hall–Kier alpha value is -3.61. The number of fused-ring (bicyclic) bond motifs is 1. The highest BCUT2D eigenvalue weighted by atomic mass is 16.5. The molecule has 1 aliphatic rings. The highest BCUT2D eigenvalue weighted by molar-refractivity contribution is 6.22. The SMILES string of the molecule is COc1cc(-c2cn(CC3CCCCC3)c3cc(/C(C(C)=N)=C(\C)[OH2+])cnc23)ccc1C(=O)O. The summed E-state index contributed by atoms with van der Waals surface area (Å²) < 4.78 is 7.59. The third-order valence-electron chi connectivity index (χ3n) is 6.68. The molecule has 2 aromatic heterocycles. The summed E-state index contributed by atoms with van der Waals surface area (Å²) in [6.45, 7) is 4.27. The molecule has 0 spiro atoms. The fraction of sp³-hybridized carbons (Fsp3) is 0.370.